The monoisotopic (exact) mass is 377 g/mol. The molecule has 1 aliphatic rings. The van der Waals surface area contributed by atoms with Crippen LogP contribution in [0.3, 0.4) is 0 Å². The summed E-state index contributed by atoms with van der Waals surface area (Å²) in [5.74, 6) is 0.614. The minimum absolute atomic E-state index is 0.104. The number of nitrogens with zero attached hydrogens (tertiary/aromatic N) is 4. The van der Waals surface area contributed by atoms with Crippen LogP contribution in [-0.2, 0) is 17.9 Å². The van der Waals surface area contributed by atoms with Gasteiger partial charge >= 0.3 is 0 Å². The summed E-state index contributed by atoms with van der Waals surface area (Å²) in [4.78, 5) is 19.1. The summed E-state index contributed by atoms with van der Waals surface area (Å²) < 4.78 is 1.79. The van der Waals surface area contributed by atoms with Crippen molar-refractivity contribution in [2.75, 3.05) is 19.6 Å². The number of aromatic nitrogens is 3. The van der Waals surface area contributed by atoms with Crippen LogP contribution in [0.5, 0.6) is 0 Å². The summed E-state index contributed by atoms with van der Waals surface area (Å²) in [6.07, 6.45) is 8.35. The second kappa shape index (κ2) is 8.97. The lowest BCUT2D eigenvalue weighted by molar-refractivity contribution is -0.121. The van der Waals surface area contributed by atoms with Gasteiger partial charge in [-0.3, -0.25) is 19.4 Å². The molecular formula is C22H27N5O. The Morgan fingerprint density at radius 2 is 2.11 bits per heavy atom. The minimum atomic E-state index is 0.104. The summed E-state index contributed by atoms with van der Waals surface area (Å²) in [6.45, 7) is 4.46. The molecule has 4 rings (SSSR count). The van der Waals surface area contributed by atoms with Crippen LogP contribution >= 0.6 is 0 Å². The van der Waals surface area contributed by atoms with E-state index in [9.17, 15) is 4.79 Å². The molecule has 1 aromatic carbocycles. The van der Waals surface area contributed by atoms with E-state index in [1.165, 1.54) is 23.8 Å². The van der Waals surface area contributed by atoms with Crippen LogP contribution in [0.1, 0.15) is 24.8 Å². The van der Waals surface area contributed by atoms with Crippen LogP contribution in [0.4, 0.5) is 0 Å². The molecule has 1 saturated heterocycles. The number of fused-ring (bicyclic) bond motifs is 1. The van der Waals surface area contributed by atoms with Crippen LogP contribution < -0.4 is 5.32 Å². The highest BCUT2D eigenvalue weighted by molar-refractivity contribution is 5.81. The Morgan fingerprint density at radius 3 is 3.00 bits per heavy atom. The maximum absolute atomic E-state index is 12.1. The van der Waals surface area contributed by atoms with Crippen LogP contribution in [0.25, 0.3) is 10.9 Å². The molecule has 3 heterocycles. The molecule has 0 bridgehead atoms. The van der Waals surface area contributed by atoms with E-state index in [0.29, 0.717) is 18.9 Å². The number of benzene rings is 1. The zero-order chi connectivity index (χ0) is 19.2. The van der Waals surface area contributed by atoms with Gasteiger partial charge in [-0.1, -0.05) is 18.2 Å². The minimum Gasteiger partial charge on any atom is -0.356 e. The molecule has 0 aliphatic carbocycles. The van der Waals surface area contributed by atoms with Gasteiger partial charge in [-0.05, 0) is 49.1 Å². The molecule has 3 aromatic rings. The van der Waals surface area contributed by atoms with Crippen molar-refractivity contribution >= 4 is 16.8 Å². The van der Waals surface area contributed by atoms with E-state index in [1.807, 2.05) is 24.5 Å². The summed E-state index contributed by atoms with van der Waals surface area (Å²) in [5, 5.41) is 8.48. The van der Waals surface area contributed by atoms with Crippen LogP contribution in [0.15, 0.2) is 55.0 Å². The summed E-state index contributed by atoms with van der Waals surface area (Å²) in [5.41, 5.74) is 2.38. The van der Waals surface area contributed by atoms with Crippen molar-refractivity contribution < 1.29 is 4.79 Å². The Balaban J connectivity index is 1.27. The molecule has 0 radical (unpaired) electrons. The third-order valence-electron chi connectivity index (χ3n) is 5.45. The fraction of sp³-hybridized carbons (Fsp3) is 0.409. The van der Waals surface area contributed by atoms with Crippen molar-refractivity contribution in [2.45, 2.75) is 32.4 Å². The first-order valence-electron chi connectivity index (χ1n) is 10.1. The Hall–Kier alpha value is -2.73. The number of likely N-dealkylation sites (tertiary alicyclic amines) is 1. The fourth-order valence-electron chi connectivity index (χ4n) is 3.99. The lowest BCUT2D eigenvalue weighted by Crippen LogP contribution is -2.40. The number of carbonyl (C=O) groups excluding carboxylic acids is 1. The molecule has 146 valence electrons. The van der Waals surface area contributed by atoms with Gasteiger partial charge in [0.2, 0.25) is 5.91 Å². The summed E-state index contributed by atoms with van der Waals surface area (Å²) in [6, 6.07) is 12.3. The molecule has 0 saturated carbocycles. The second-order valence-electron chi connectivity index (χ2n) is 7.55. The highest BCUT2D eigenvalue weighted by atomic mass is 16.1. The molecule has 2 aromatic heterocycles. The number of para-hydroxylation sites is 1. The molecule has 6 nitrogen and oxygen atoms in total. The SMILES string of the molecule is O=C(CCn1cccn1)NCC1CCCN(Cc2ccnc3ccccc23)C1. The maximum atomic E-state index is 12.1. The number of rotatable bonds is 7. The Bertz CT molecular complexity index is 903. The first-order valence-corrected chi connectivity index (χ1v) is 10.1. The van der Waals surface area contributed by atoms with Gasteiger partial charge in [-0.2, -0.15) is 5.10 Å². The molecule has 1 fully saturated rings. The zero-order valence-corrected chi connectivity index (χ0v) is 16.1. The predicted octanol–water partition coefficient (Wildman–Crippen LogP) is 2.85. The van der Waals surface area contributed by atoms with Crippen molar-refractivity contribution in [3.05, 3.63) is 60.6 Å². The first-order chi connectivity index (χ1) is 13.8. The third kappa shape index (κ3) is 4.75. The number of carbonyl (C=O) groups is 1. The summed E-state index contributed by atoms with van der Waals surface area (Å²) >= 11 is 0. The molecule has 0 spiro atoms. The van der Waals surface area contributed by atoms with E-state index < -0.39 is 0 Å². The molecule has 1 N–H and O–H groups in total. The van der Waals surface area contributed by atoms with E-state index in [2.05, 4.69) is 44.6 Å². The van der Waals surface area contributed by atoms with Crippen LogP contribution in [-0.4, -0.2) is 45.2 Å². The summed E-state index contributed by atoms with van der Waals surface area (Å²) in [7, 11) is 0. The lowest BCUT2D eigenvalue weighted by atomic mass is 9.97. The van der Waals surface area contributed by atoms with Crippen molar-refractivity contribution in [1.29, 1.82) is 0 Å². The van der Waals surface area contributed by atoms with Crippen LogP contribution in [0.2, 0.25) is 0 Å². The topological polar surface area (TPSA) is 63.1 Å². The van der Waals surface area contributed by atoms with Crippen LogP contribution in [0, 0.1) is 5.92 Å². The molecule has 1 unspecified atom stereocenters. The Kier molecular flexibility index (Phi) is 5.97. The Morgan fingerprint density at radius 1 is 1.18 bits per heavy atom. The number of hydrogen-bond acceptors (Lipinski definition) is 4. The van der Waals surface area contributed by atoms with Crippen molar-refractivity contribution in [2.24, 2.45) is 5.92 Å². The van der Waals surface area contributed by atoms with Gasteiger partial charge in [0.15, 0.2) is 0 Å². The molecule has 1 amide bonds. The highest BCUT2D eigenvalue weighted by Gasteiger charge is 2.21. The lowest BCUT2D eigenvalue weighted by Gasteiger charge is -2.33. The van der Waals surface area contributed by atoms with E-state index >= 15 is 0 Å². The normalized spacial score (nSPS) is 17.6. The number of piperidine rings is 1. The molecule has 1 aliphatic heterocycles. The largest absolute Gasteiger partial charge is 0.356 e. The van der Waals surface area contributed by atoms with Gasteiger partial charge in [0.25, 0.3) is 0 Å². The Labute approximate surface area is 165 Å². The van der Waals surface area contributed by atoms with Gasteiger partial charge in [-0.25, -0.2) is 0 Å². The molecular weight excluding hydrogens is 350 g/mol. The number of nitrogens with one attached hydrogen (secondary N) is 1. The fourth-order valence-corrected chi connectivity index (χ4v) is 3.99. The van der Waals surface area contributed by atoms with Crippen molar-refractivity contribution in [3.63, 3.8) is 0 Å². The standard InChI is InChI=1S/C22H27N5O/c28-22(9-14-27-13-4-10-25-27)24-15-18-5-3-12-26(16-18)17-19-8-11-23-21-7-2-1-6-20(19)21/h1-2,4,6-8,10-11,13,18H,3,5,9,12,14-17H2,(H,24,28). The van der Waals surface area contributed by atoms with E-state index in [1.54, 1.807) is 10.9 Å². The quantitative estimate of drug-likeness (QED) is 0.688. The van der Waals surface area contributed by atoms with Crippen molar-refractivity contribution in [1.82, 2.24) is 25.0 Å². The van der Waals surface area contributed by atoms with Gasteiger partial charge in [0, 0.05) is 56.6 Å². The number of aryl methyl sites for hydroxylation is 1. The van der Waals surface area contributed by atoms with Gasteiger partial charge in [0.1, 0.15) is 0 Å². The number of pyridine rings is 1. The van der Waals surface area contributed by atoms with E-state index in [4.69, 9.17) is 0 Å². The average molecular weight is 377 g/mol. The van der Waals surface area contributed by atoms with Crippen molar-refractivity contribution in [3.8, 4) is 0 Å². The number of amides is 1. The average Bonchev–Trinajstić information content (AvgIpc) is 3.25. The predicted molar refractivity (Wildman–Crippen MR) is 110 cm³/mol. The van der Waals surface area contributed by atoms with Gasteiger partial charge < -0.3 is 5.32 Å². The number of hydrogen-bond donors (Lipinski definition) is 1. The molecule has 1 atom stereocenters. The molecule has 28 heavy (non-hydrogen) atoms. The van der Waals surface area contributed by atoms with Gasteiger partial charge in [-0.15, -0.1) is 0 Å². The van der Waals surface area contributed by atoms with E-state index in [-0.39, 0.29) is 5.91 Å². The smallest absolute Gasteiger partial charge is 0.221 e. The highest BCUT2D eigenvalue weighted by Crippen LogP contribution is 2.22. The molecule has 6 heteroatoms. The first kappa shape index (κ1) is 18.6. The third-order valence-corrected chi connectivity index (χ3v) is 5.45. The van der Waals surface area contributed by atoms with E-state index in [0.717, 1.165) is 31.7 Å². The second-order valence-corrected chi connectivity index (χ2v) is 7.55. The zero-order valence-electron chi connectivity index (χ0n) is 16.1. The maximum Gasteiger partial charge on any atom is 0.221 e. The van der Waals surface area contributed by atoms with Gasteiger partial charge in [0.05, 0.1) is 5.52 Å².